The zero-order valence-electron chi connectivity index (χ0n) is 17.3. The highest BCUT2D eigenvalue weighted by atomic mass is 32.2. The fourth-order valence-corrected chi connectivity index (χ4v) is 3.71. The summed E-state index contributed by atoms with van der Waals surface area (Å²) in [7, 11) is 0. The molecule has 1 aromatic heterocycles. The molecule has 0 bridgehead atoms. The summed E-state index contributed by atoms with van der Waals surface area (Å²) in [6.45, 7) is 7.21. The molecular formula is C21H28N4O3S. The molecule has 1 aliphatic rings. The number of carbonyl (C=O) groups is 1. The van der Waals surface area contributed by atoms with Crippen molar-refractivity contribution >= 4 is 23.1 Å². The largest absolute Gasteiger partial charge is 0.612 e. The molecule has 1 fully saturated rings. The van der Waals surface area contributed by atoms with Crippen molar-refractivity contribution in [3.63, 3.8) is 0 Å². The summed E-state index contributed by atoms with van der Waals surface area (Å²) in [4.78, 5) is 21.9. The number of nitrogen functional groups attached to an aromatic ring is 1. The van der Waals surface area contributed by atoms with Crippen LogP contribution in [0, 0.1) is 5.41 Å². The van der Waals surface area contributed by atoms with Crippen LogP contribution in [0.2, 0.25) is 0 Å². The molecule has 2 heterocycles. The second kappa shape index (κ2) is 8.69. The average molecular weight is 417 g/mol. The van der Waals surface area contributed by atoms with E-state index in [0.717, 1.165) is 31.6 Å². The summed E-state index contributed by atoms with van der Waals surface area (Å²) in [5.74, 6) is 0.420. The number of nitrogens with one attached hydrogen (secondary N) is 1. The molecule has 1 saturated heterocycles. The zero-order chi connectivity index (χ0) is 21.2. The summed E-state index contributed by atoms with van der Waals surface area (Å²) in [5.41, 5.74) is 7.34. The number of carbonyl (C=O) groups excluding carboxylic acids is 1. The fourth-order valence-electron chi connectivity index (χ4n) is 3.17. The van der Waals surface area contributed by atoms with Gasteiger partial charge >= 0.3 is 5.97 Å². The number of nitrogens with two attached hydrogens (primary N) is 1. The fraction of sp³-hybridized carbons (Fsp3) is 0.476. The van der Waals surface area contributed by atoms with Crippen LogP contribution in [-0.2, 0) is 16.0 Å². The standard InChI is InChI=1S/C21H28N4O3S/c1-21(2,3)19(26)28-18-8-7-14(29(4)27)10-15(18)17-11-16(24-20(22)25-17)13-6-5-9-23-12-13/h7-8,10-11,13,23H,5-6,9,12H2,1-4H3,(H2,22,24,25). The highest BCUT2D eigenvalue weighted by Crippen LogP contribution is 2.35. The van der Waals surface area contributed by atoms with E-state index < -0.39 is 16.6 Å². The van der Waals surface area contributed by atoms with Crippen LogP contribution in [-0.4, -0.2) is 39.8 Å². The van der Waals surface area contributed by atoms with Gasteiger partial charge in [-0.1, -0.05) is 0 Å². The summed E-state index contributed by atoms with van der Waals surface area (Å²) in [6.07, 6.45) is 3.70. The molecule has 2 atom stereocenters. The van der Waals surface area contributed by atoms with Gasteiger partial charge in [0.05, 0.1) is 16.8 Å². The SMILES string of the molecule is C[S+]([O-])c1ccc(OC(=O)C(C)(C)C)c(-c2cc(C3CCCNC3)nc(N)n2)c1. The molecule has 0 aliphatic carbocycles. The van der Waals surface area contributed by atoms with Crippen molar-refractivity contribution in [1.82, 2.24) is 15.3 Å². The Morgan fingerprint density at radius 2 is 2.07 bits per heavy atom. The zero-order valence-corrected chi connectivity index (χ0v) is 18.1. The predicted octanol–water partition coefficient (Wildman–Crippen LogP) is 2.88. The Bertz CT molecular complexity index is 890. The first-order valence-corrected chi connectivity index (χ1v) is 11.3. The van der Waals surface area contributed by atoms with Crippen molar-refractivity contribution < 1.29 is 14.1 Å². The van der Waals surface area contributed by atoms with Crippen LogP contribution in [0.5, 0.6) is 5.75 Å². The second-order valence-electron chi connectivity index (χ2n) is 8.33. The monoisotopic (exact) mass is 416 g/mol. The van der Waals surface area contributed by atoms with E-state index in [1.54, 1.807) is 45.2 Å². The third-order valence-electron chi connectivity index (χ3n) is 4.85. The van der Waals surface area contributed by atoms with Crippen LogP contribution in [0.15, 0.2) is 29.2 Å². The smallest absolute Gasteiger partial charge is 0.316 e. The lowest BCUT2D eigenvalue weighted by Gasteiger charge is -2.23. The van der Waals surface area contributed by atoms with E-state index >= 15 is 0 Å². The number of nitrogens with zero attached hydrogens (tertiary/aromatic N) is 2. The molecule has 2 aromatic rings. The lowest BCUT2D eigenvalue weighted by molar-refractivity contribution is -0.142. The Hall–Kier alpha value is -2.16. The maximum absolute atomic E-state index is 12.5. The molecule has 3 N–H and O–H groups in total. The highest BCUT2D eigenvalue weighted by Gasteiger charge is 2.26. The number of rotatable bonds is 4. The van der Waals surface area contributed by atoms with Crippen LogP contribution in [0.1, 0.15) is 45.2 Å². The number of ether oxygens (including phenoxy) is 1. The van der Waals surface area contributed by atoms with Gasteiger partial charge in [-0.3, -0.25) is 4.79 Å². The first-order chi connectivity index (χ1) is 13.6. The second-order valence-corrected chi connectivity index (χ2v) is 9.71. The molecule has 156 valence electrons. The third-order valence-corrected chi connectivity index (χ3v) is 5.77. The molecule has 0 amide bonds. The van der Waals surface area contributed by atoms with Crippen LogP contribution in [0.3, 0.4) is 0 Å². The normalized spacial score (nSPS) is 18.3. The Labute approximate surface area is 174 Å². The molecule has 1 aliphatic heterocycles. The summed E-state index contributed by atoms with van der Waals surface area (Å²) in [5, 5.41) is 3.38. The van der Waals surface area contributed by atoms with Crippen LogP contribution in [0.4, 0.5) is 5.95 Å². The van der Waals surface area contributed by atoms with Crippen molar-refractivity contribution in [3.8, 4) is 17.0 Å². The molecule has 7 nitrogen and oxygen atoms in total. The van der Waals surface area contributed by atoms with E-state index in [-0.39, 0.29) is 17.8 Å². The van der Waals surface area contributed by atoms with Gasteiger partial charge in [0.25, 0.3) is 0 Å². The molecule has 3 rings (SSSR count). The van der Waals surface area contributed by atoms with Gasteiger partial charge < -0.3 is 20.3 Å². The molecule has 0 saturated carbocycles. The highest BCUT2D eigenvalue weighted by molar-refractivity contribution is 7.90. The minimum atomic E-state index is -1.19. The molecule has 29 heavy (non-hydrogen) atoms. The van der Waals surface area contributed by atoms with E-state index in [4.69, 9.17) is 10.5 Å². The third kappa shape index (κ3) is 5.26. The van der Waals surface area contributed by atoms with Gasteiger partial charge in [-0.05, 0) is 69.5 Å². The summed E-state index contributed by atoms with van der Waals surface area (Å²) >= 11 is -1.19. The van der Waals surface area contributed by atoms with Crippen molar-refractivity contribution in [2.45, 2.75) is 44.4 Å². The molecular weight excluding hydrogens is 388 g/mol. The summed E-state index contributed by atoms with van der Waals surface area (Å²) in [6, 6.07) is 6.99. The van der Waals surface area contributed by atoms with Gasteiger partial charge in [0, 0.05) is 24.1 Å². The molecule has 1 aromatic carbocycles. The van der Waals surface area contributed by atoms with Crippen molar-refractivity contribution in [2.75, 3.05) is 25.1 Å². The van der Waals surface area contributed by atoms with Gasteiger partial charge in [-0.25, -0.2) is 9.97 Å². The maximum Gasteiger partial charge on any atom is 0.316 e. The minimum absolute atomic E-state index is 0.166. The van der Waals surface area contributed by atoms with Gasteiger partial charge in [-0.15, -0.1) is 0 Å². The van der Waals surface area contributed by atoms with Gasteiger partial charge in [0.15, 0.2) is 4.90 Å². The van der Waals surface area contributed by atoms with E-state index in [1.807, 2.05) is 6.07 Å². The first-order valence-electron chi connectivity index (χ1n) is 9.70. The van der Waals surface area contributed by atoms with Crippen LogP contribution < -0.4 is 15.8 Å². The average Bonchev–Trinajstić information content (AvgIpc) is 2.67. The van der Waals surface area contributed by atoms with Gasteiger partial charge in [0.2, 0.25) is 5.95 Å². The van der Waals surface area contributed by atoms with E-state index in [0.29, 0.717) is 21.9 Å². The number of benzene rings is 1. The number of anilines is 1. The van der Waals surface area contributed by atoms with Crippen molar-refractivity contribution in [1.29, 1.82) is 0 Å². The van der Waals surface area contributed by atoms with Gasteiger partial charge in [0.1, 0.15) is 12.0 Å². The first kappa shape index (κ1) is 21.5. The van der Waals surface area contributed by atoms with Crippen molar-refractivity contribution in [2.24, 2.45) is 5.41 Å². The minimum Gasteiger partial charge on any atom is -0.612 e. The lowest BCUT2D eigenvalue weighted by atomic mass is 9.95. The van der Waals surface area contributed by atoms with Crippen molar-refractivity contribution in [3.05, 3.63) is 30.0 Å². The lowest BCUT2D eigenvalue weighted by Crippen LogP contribution is -2.29. The van der Waals surface area contributed by atoms with E-state index in [1.165, 1.54) is 0 Å². The molecule has 0 spiro atoms. The number of aromatic nitrogens is 2. The maximum atomic E-state index is 12.5. The molecule has 8 heteroatoms. The van der Waals surface area contributed by atoms with E-state index in [9.17, 15) is 9.35 Å². The topological polar surface area (TPSA) is 113 Å². The Morgan fingerprint density at radius 1 is 1.31 bits per heavy atom. The van der Waals surface area contributed by atoms with Gasteiger partial charge in [-0.2, -0.15) is 0 Å². The van der Waals surface area contributed by atoms with Crippen LogP contribution in [0.25, 0.3) is 11.3 Å². The molecule has 2 unspecified atom stereocenters. The Balaban J connectivity index is 2.06. The molecule has 0 radical (unpaired) electrons. The number of piperidine rings is 1. The number of hydrogen-bond donors (Lipinski definition) is 2. The van der Waals surface area contributed by atoms with Crippen LogP contribution >= 0.6 is 0 Å². The van der Waals surface area contributed by atoms with E-state index in [2.05, 4.69) is 15.3 Å². The summed E-state index contributed by atoms with van der Waals surface area (Å²) < 4.78 is 17.7. The number of hydrogen-bond acceptors (Lipinski definition) is 7. The predicted molar refractivity (Wildman–Crippen MR) is 114 cm³/mol. The number of esters is 1. The Kier molecular flexibility index (Phi) is 6.45. The Morgan fingerprint density at radius 3 is 2.69 bits per heavy atom. The quantitative estimate of drug-likeness (QED) is 0.447.